The van der Waals surface area contributed by atoms with Crippen LogP contribution in [-0.2, 0) is 21.4 Å². The number of hydrogen-bond acceptors (Lipinski definition) is 6. The first-order valence-electron chi connectivity index (χ1n) is 11.2. The molecule has 1 atom stereocenters. The van der Waals surface area contributed by atoms with Gasteiger partial charge in [0, 0.05) is 45.5 Å². The number of hydrogen-bond donors (Lipinski definition) is 1. The Morgan fingerprint density at radius 2 is 1.78 bits per heavy atom. The van der Waals surface area contributed by atoms with Crippen LogP contribution in [0.25, 0.3) is 0 Å². The molecule has 2 aliphatic rings. The van der Waals surface area contributed by atoms with Gasteiger partial charge in [0.1, 0.15) is 11.9 Å². The SMILES string of the molecule is CN1CCN(c2ccc(CNC(=O)C3CCCCN3S(=O)(=O)c3ccccc3)cn2)CC1. The molecule has 1 aromatic carbocycles. The third-order valence-corrected chi connectivity index (χ3v) is 8.13. The molecule has 2 aromatic rings. The van der Waals surface area contributed by atoms with Crippen LogP contribution in [0.5, 0.6) is 0 Å². The number of anilines is 1. The molecule has 0 spiro atoms. The zero-order valence-electron chi connectivity index (χ0n) is 18.5. The van der Waals surface area contributed by atoms with E-state index in [9.17, 15) is 13.2 Å². The summed E-state index contributed by atoms with van der Waals surface area (Å²) in [5.74, 6) is 0.688. The predicted molar refractivity (Wildman–Crippen MR) is 124 cm³/mol. The highest BCUT2D eigenvalue weighted by Gasteiger charge is 2.37. The smallest absolute Gasteiger partial charge is 0.243 e. The number of nitrogens with one attached hydrogen (secondary N) is 1. The quantitative estimate of drug-likeness (QED) is 0.711. The molecule has 0 radical (unpaired) electrons. The Hall–Kier alpha value is -2.49. The van der Waals surface area contributed by atoms with Gasteiger partial charge in [0.15, 0.2) is 0 Å². The van der Waals surface area contributed by atoms with Gasteiger partial charge >= 0.3 is 0 Å². The number of piperazine rings is 1. The third kappa shape index (κ3) is 5.11. The monoisotopic (exact) mass is 457 g/mol. The number of carbonyl (C=O) groups excluding carboxylic acids is 1. The average Bonchev–Trinajstić information content (AvgIpc) is 2.84. The molecule has 32 heavy (non-hydrogen) atoms. The van der Waals surface area contributed by atoms with Crippen molar-refractivity contribution >= 4 is 21.7 Å². The first-order valence-corrected chi connectivity index (χ1v) is 12.6. The highest BCUT2D eigenvalue weighted by Crippen LogP contribution is 2.25. The topological polar surface area (TPSA) is 85.9 Å². The molecular weight excluding hydrogens is 426 g/mol. The van der Waals surface area contributed by atoms with Crippen LogP contribution in [0.1, 0.15) is 24.8 Å². The van der Waals surface area contributed by atoms with Gasteiger partial charge < -0.3 is 15.1 Å². The van der Waals surface area contributed by atoms with E-state index in [0.717, 1.165) is 50.4 Å². The van der Waals surface area contributed by atoms with Crippen LogP contribution in [0.4, 0.5) is 5.82 Å². The standard InChI is InChI=1S/C23H31N5O3S/c1-26-13-15-27(16-14-26)22-11-10-19(17-24-22)18-25-23(29)21-9-5-6-12-28(21)32(30,31)20-7-3-2-4-8-20/h2-4,7-8,10-11,17,21H,5-6,9,12-16,18H2,1H3,(H,25,29). The van der Waals surface area contributed by atoms with Crippen molar-refractivity contribution in [3.05, 3.63) is 54.2 Å². The Morgan fingerprint density at radius 1 is 1.03 bits per heavy atom. The number of benzene rings is 1. The fourth-order valence-electron chi connectivity index (χ4n) is 4.23. The maximum Gasteiger partial charge on any atom is 0.243 e. The number of rotatable bonds is 6. The molecule has 8 nitrogen and oxygen atoms in total. The molecule has 2 aliphatic heterocycles. The minimum absolute atomic E-state index is 0.225. The number of sulfonamides is 1. The predicted octanol–water partition coefficient (Wildman–Crippen LogP) is 1.69. The Labute approximate surface area is 190 Å². The lowest BCUT2D eigenvalue weighted by Gasteiger charge is -2.33. The first kappa shape index (κ1) is 22.7. The molecule has 1 amide bonds. The number of nitrogens with zero attached hydrogens (tertiary/aromatic N) is 4. The van der Waals surface area contributed by atoms with Crippen LogP contribution in [0, 0.1) is 0 Å². The van der Waals surface area contributed by atoms with Crippen LogP contribution in [0.3, 0.4) is 0 Å². The van der Waals surface area contributed by atoms with Crippen molar-refractivity contribution in [2.45, 2.75) is 36.7 Å². The van der Waals surface area contributed by atoms with E-state index in [1.54, 1.807) is 36.5 Å². The Bertz CT molecular complexity index is 1010. The molecule has 4 rings (SSSR count). The summed E-state index contributed by atoms with van der Waals surface area (Å²) in [6, 6.07) is 11.6. The molecule has 0 saturated carbocycles. The molecular formula is C23H31N5O3S. The number of pyridine rings is 1. The van der Waals surface area contributed by atoms with Crippen LogP contribution < -0.4 is 10.2 Å². The fraction of sp³-hybridized carbons (Fsp3) is 0.478. The van der Waals surface area contributed by atoms with Crippen molar-refractivity contribution in [3.63, 3.8) is 0 Å². The lowest BCUT2D eigenvalue weighted by molar-refractivity contribution is -0.125. The molecule has 1 N–H and O–H groups in total. The third-order valence-electron chi connectivity index (χ3n) is 6.21. The van der Waals surface area contributed by atoms with E-state index in [0.29, 0.717) is 19.5 Å². The van der Waals surface area contributed by atoms with Crippen molar-refractivity contribution in [2.24, 2.45) is 0 Å². The van der Waals surface area contributed by atoms with E-state index in [4.69, 9.17) is 0 Å². The molecule has 2 fully saturated rings. The highest BCUT2D eigenvalue weighted by molar-refractivity contribution is 7.89. The number of carbonyl (C=O) groups is 1. The summed E-state index contributed by atoms with van der Waals surface area (Å²) in [6.45, 7) is 4.62. The number of piperidine rings is 1. The van der Waals surface area contributed by atoms with Gasteiger partial charge in [0.25, 0.3) is 0 Å². The largest absolute Gasteiger partial charge is 0.354 e. The normalized spacial score (nSPS) is 20.8. The second-order valence-electron chi connectivity index (χ2n) is 8.47. The van der Waals surface area contributed by atoms with Crippen molar-refractivity contribution in [1.82, 2.24) is 19.5 Å². The van der Waals surface area contributed by atoms with Crippen molar-refractivity contribution in [3.8, 4) is 0 Å². The summed E-state index contributed by atoms with van der Waals surface area (Å²) < 4.78 is 27.6. The maximum absolute atomic E-state index is 13.1. The number of likely N-dealkylation sites (N-methyl/N-ethyl adjacent to an activating group) is 1. The summed E-state index contributed by atoms with van der Waals surface area (Å²) in [5.41, 5.74) is 0.893. The van der Waals surface area contributed by atoms with Gasteiger partial charge in [0.05, 0.1) is 4.90 Å². The van der Waals surface area contributed by atoms with E-state index in [1.807, 2.05) is 12.1 Å². The van der Waals surface area contributed by atoms with Crippen LogP contribution in [-0.4, -0.2) is 74.3 Å². The van der Waals surface area contributed by atoms with E-state index in [2.05, 4.69) is 27.1 Å². The Kier molecular flexibility index (Phi) is 7.07. The van der Waals surface area contributed by atoms with Gasteiger partial charge in [0.2, 0.25) is 15.9 Å². The summed E-state index contributed by atoms with van der Waals surface area (Å²) >= 11 is 0. The van der Waals surface area contributed by atoms with Crippen molar-refractivity contribution in [1.29, 1.82) is 0 Å². The average molecular weight is 458 g/mol. The summed E-state index contributed by atoms with van der Waals surface area (Å²) in [5, 5.41) is 2.92. The zero-order chi connectivity index (χ0) is 22.6. The summed E-state index contributed by atoms with van der Waals surface area (Å²) in [4.78, 5) is 22.3. The minimum Gasteiger partial charge on any atom is -0.354 e. The number of amides is 1. The van der Waals surface area contributed by atoms with Crippen LogP contribution in [0.15, 0.2) is 53.6 Å². The van der Waals surface area contributed by atoms with Crippen molar-refractivity contribution < 1.29 is 13.2 Å². The van der Waals surface area contributed by atoms with Crippen LogP contribution >= 0.6 is 0 Å². The fourth-order valence-corrected chi connectivity index (χ4v) is 5.91. The highest BCUT2D eigenvalue weighted by atomic mass is 32.2. The van der Waals surface area contributed by atoms with Gasteiger partial charge in [-0.25, -0.2) is 13.4 Å². The van der Waals surface area contributed by atoms with E-state index in [1.165, 1.54) is 4.31 Å². The molecule has 1 aromatic heterocycles. The van der Waals surface area contributed by atoms with Crippen molar-refractivity contribution in [2.75, 3.05) is 44.7 Å². The van der Waals surface area contributed by atoms with E-state index in [-0.39, 0.29) is 10.8 Å². The molecule has 1 unspecified atom stereocenters. The van der Waals surface area contributed by atoms with Gasteiger partial charge in [-0.15, -0.1) is 0 Å². The number of aromatic nitrogens is 1. The molecule has 9 heteroatoms. The Morgan fingerprint density at radius 3 is 2.47 bits per heavy atom. The zero-order valence-corrected chi connectivity index (χ0v) is 19.3. The summed E-state index contributed by atoms with van der Waals surface area (Å²) in [6.07, 6.45) is 3.90. The minimum atomic E-state index is -3.71. The second kappa shape index (κ2) is 9.97. The van der Waals surface area contributed by atoms with E-state index >= 15 is 0 Å². The van der Waals surface area contributed by atoms with Gasteiger partial charge in [-0.3, -0.25) is 4.79 Å². The molecule has 172 valence electrons. The second-order valence-corrected chi connectivity index (χ2v) is 10.4. The molecule has 0 bridgehead atoms. The van der Waals surface area contributed by atoms with Gasteiger partial charge in [-0.2, -0.15) is 4.31 Å². The first-order chi connectivity index (χ1) is 15.4. The lowest BCUT2D eigenvalue weighted by atomic mass is 10.0. The Balaban J connectivity index is 1.38. The van der Waals surface area contributed by atoms with Crippen LogP contribution in [0.2, 0.25) is 0 Å². The lowest BCUT2D eigenvalue weighted by Crippen LogP contribution is -2.51. The molecule has 2 saturated heterocycles. The van der Waals surface area contributed by atoms with Gasteiger partial charge in [-0.1, -0.05) is 30.7 Å². The summed E-state index contributed by atoms with van der Waals surface area (Å²) in [7, 11) is -1.59. The van der Waals surface area contributed by atoms with E-state index < -0.39 is 16.1 Å². The molecule has 0 aliphatic carbocycles. The maximum atomic E-state index is 13.1. The molecule has 3 heterocycles. The van der Waals surface area contributed by atoms with Gasteiger partial charge in [-0.05, 0) is 43.7 Å².